The van der Waals surface area contributed by atoms with E-state index in [1.165, 1.54) is 25.7 Å². The number of carbonyl (C=O) groups excluding carboxylic acids is 1. The Kier molecular flexibility index (Phi) is 6.83. The van der Waals surface area contributed by atoms with Crippen LogP contribution in [-0.2, 0) is 11.3 Å². The summed E-state index contributed by atoms with van der Waals surface area (Å²) >= 11 is 3.40. The number of nitrogens with zero attached hydrogens (tertiary/aromatic N) is 2. The van der Waals surface area contributed by atoms with Crippen molar-refractivity contribution < 1.29 is 4.79 Å². The number of pyridine rings is 1. The summed E-state index contributed by atoms with van der Waals surface area (Å²) in [6, 6.07) is 11.9. The monoisotopic (exact) mass is 413 g/mol. The topological polar surface area (TPSA) is 45.2 Å². The number of hydrogen-bond donors (Lipinski definition) is 1. The van der Waals surface area contributed by atoms with Gasteiger partial charge in [0.15, 0.2) is 0 Å². The van der Waals surface area contributed by atoms with Crippen molar-refractivity contribution in [3.63, 3.8) is 0 Å². The number of hydrogen-bond acceptors (Lipinski definition) is 3. The predicted molar refractivity (Wildman–Crippen MR) is 110 cm³/mol. The molecule has 5 heteroatoms. The zero-order valence-corrected chi connectivity index (χ0v) is 16.4. The molecule has 0 spiro atoms. The van der Waals surface area contributed by atoms with E-state index in [1.54, 1.807) is 6.08 Å². The molecule has 1 aromatic carbocycles. The minimum absolute atomic E-state index is 0.107. The lowest BCUT2D eigenvalue weighted by atomic mass is 10.2. The van der Waals surface area contributed by atoms with Crippen molar-refractivity contribution in [3.05, 3.63) is 64.3 Å². The second-order valence-corrected chi connectivity index (χ2v) is 7.44. The van der Waals surface area contributed by atoms with E-state index in [9.17, 15) is 4.79 Å². The molecule has 0 radical (unpaired) electrons. The van der Waals surface area contributed by atoms with Gasteiger partial charge >= 0.3 is 0 Å². The van der Waals surface area contributed by atoms with Crippen molar-refractivity contribution in [3.8, 4) is 0 Å². The molecular formula is C21H24BrN3O. The fraction of sp³-hybridized carbons (Fsp3) is 0.333. The molecule has 0 unspecified atom stereocenters. The van der Waals surface area contributed by atoms with Crippen molar-refractivity contribution in [1.82, 2.24) is 10.3 Å². The Balaban J connectivity index is 1.49. The van der Waals surface area contributed by atoms with Crippen molar-refractivity contribution in [2.24, 2.45) is 0 Å². The first-order valence-corrected chi connectivity index (χ1v) is 9.91. The van der Waals surface area contributed by atoms with Crippen molar-refractivity contribution in [2.75, 3.05) is 18.0 Å². The van der Waals surface area contributed by atoms with Crippen LogP contribution in [0.4, 0.5) is 5.82 Å². The van der Waals surface area contributed by atoms with Gasteiger partial charge in [0.25, 0.3) is 0 Å². The smallest absolute Gasteiger partial charge is 0.244 e. The van der Waals surface area contributed by atoms with Crippen LogP contribution in [0.3, 0.4) is 0 Å². The van der Waals surface area contributed by atoms with Crippen LogP contribution in [0.1, 0.15) is 36.8 Å². The summed E-state index contributed by atoms with van der Waals surface area (Å²) in [4.78, 5) is 18.9. The maximum atomic E-state index is 12.0. The molecule has 0 aliphatic carbocycles. The van der Waals surface area contributed by atoms with Gasteiger partial charge in [0.2, 0.25) is 5.91 Å². The number of carbonyl (C=O) groups is 1. The first-order valence-electron chi connectivity index (χ1n) is 9.12. The standard InChI is InChI=1S/C21H24BrN3O/c22-19-9-5-17(6-10-19)8-12-21(26)24-16-18-7-11-20(23-15-18)25-13-3-1-2-4-14-25/h5-12,15H,1-4,13-14,16H2,(H,24,26)/b12-8+. The average Bonchev–Trinajstić information content (AvgIpc) is 2.96. The Morgan fingerprint density at radius 3 is 2.46 bits per heavy atom. The zero-order valence-electron chi connectivity index (χ0n) is 14.8. The first kappa shape index (κ1) is 18.6. The molecule has 2 aromatic rings. The number of aromatic nitrogens is 1. The molecule has 1 aromatic heterocycles. The van der Waals surface area contributed by atoms with Gasteiger partial charge < -0.3 is 10.2 Å². The highest BCUT2D eigenvalue weighted by Crippen LogP contribution is 2.17. The fourth-order valence-electron chi connectivity index (χ4n) is 3.00. The zero-order chi connectivity index (χ0) is 18.2. The Morgan fingerprint density at radius 2 is 1.81 bits per heavy atom. The molecule has 1 N–H and O–H groups in total. The predicted octanol–water partition coefficient (Wildman–Crippen LogP) is 4.55. The van der Waals surface area contributed by atoms with Crippen molar-refractivity contribution in [2.45, 2.75) is 32.2 Å². The summed E-state index contributed by atoms with van der Waals surface area (Å²) in [5.41, 5.74) is 2.00. The Labute approximate surface area is 163 Å². The van der Waals surface area contributed by atoms with Crippen LogP contribution in [-0.4, -0.2) is 24.0 Å². The Hall–Kier alpha value is -2.14. The van der Waals surface area contributed by atoms with Gasteiger partial charge in [-0.1, -0.05) is 47.0 Å². The lowest BCUT2D eigenvalue weighted by Gasteiger charge is -2.21. The van der Waals surface area contributed by atoms with Crippen LogP contribution < -0.4 is 10.2 Å². The minimum Gasteiger partial charge on any atom is -0.357 e. The lowest BCUT2D eigenvalue weighted by Crippen LogP contribution is -2.25. The molecule has 26 heavy (non-hydrogen) atoms. The normalized spacial score (nSPS) is 15.0. The van der Waals surface area contributed by atoms with Gasteiger partial charge in [-0.2, -0.15) is 0 Å². The van der Waals surface area contributed by atoms with E-state index in [1.807, 2.05) is 42.6 Å². The number of nitrogens with one attached hydrogen (secondary N) is 1. The third-order valence-electron chi connectivity index (χ3n) is 4.50. The highest BCUT2D eigenvalue weighted by Gasteiger charge is 2.10. The number of benzene rings is 1. The summed E-state index contributed by atoms with van der Waals surface area (Å²) < 4.78 is 1.02. The van der Waals surface area contributed by atoms with E-state index < -0.39 is 0 Å². The molecular weight excluding hydrogens is 390 g/mol. The summed E-state index contributed by atoms with van der Waals surface area (Å²) in [5, 5.41) is 2.90. The van der Waals surface area contributed by atoms with Gasteiger partial charge in [-0.25, -0.2) is 4.98 Å². The van der Waals surface area contributed by atoms with Crippen LogP contribution in [0, 0.1) is 0 Å². The largest absolute Gasteiger partial charge is 0.357 e. The van der Waals surface area contributed by atoms with Crippen LogP contribution in [0.5, 0.6) is 0 Å². The Morgan fingerprint density at radius 1 is 1.08 bits per heavy atom. The summed E-state index contributed by atoms with van der Waals surface area (Å²) in [5.74, 6) is 0.932. The lowest BCUT2D eigenvalue weighted by molar-refractivity contribution is -0.116. The van der Waals surface area contributed by atoms with E-state index in [4.69, 9.17) is 0 Å². The van der Waals surface area contributed by atoms with Gasteiger partial charge in [-0.15, -0.1) is 0 Å². The fourth-order valence-corrected chi connectivity index (χ4v) is 3.27. The third kappa shape index (κ3) is 5.70. The quantitative estimate of drug-likeness (QED) is 0.730. The van der Waals surface area contributed by atoms with Crippen LogP contribution in [0.2, 0.25) is 0 Å². The highest BCUT2D eigenvalue weighted by atomic mass is 79.9. The summed E-state index contributed by atoms with van der Waals surface area (Å²) in [7, 11) is 0. The van der Waals surface area contributed by atoms with E-state index in [2.05, 4.69) is 37.2 Å². The molecule has 0 atom stereocenters. The van der Waals surface area contributed by atoms with Crippen molar-refractivity contribution in [1.29, 1.82) is 0 Å². The van der Waals surface area contributed by atoms with Crippen molar-refractivity contribution >= 4 is 33.7 Å². The third-order valence-corrected chi connectivity index (χ3v) is 5.03. The van der Waals surface area contributed by atoms with E-state index in [0.717, 1.165) is 34.5 Å². The molecule has 1 fully saturated rings. The molecule has 1 amide bonds. The van der Waals surface area contributed by atoms with Gasteiger partial charge in [-0.05, 0) is 48.2 Å². The number of anilines is 1. The summed E-state index contributed by atoms with van der Waals surface area (Å²) in [6.45, 7) is 2.66. The summed E-state index contributed by atoms with van der Waals surface area (Å²) in [6.07, 6.45) is 10.3. The molecule has 1 saturated heterocycles. The molecule has 0 bridgehead atoms. The van der Waals surface area contributed by atoms with E-state index >= 15 is 0 Å². The number of halogens is 1. The number of rotatable bonds is 5. The second kappa shape index (κ2) is 9.53. The minimum atomic E-state index is -0.107. The second-order valence-electron chi connectivity index (χ2n) is 6.53. The molecule has 0 saturated carbocycles. The molecule has 2 heterocycles. The molecule has 4 nitrogen and oxygen atoms in total. The maximum Gasteiger partial charge on any atom is 0.244 e. The molecule has 1 aliphatic rings. The van der Waals surface area contributed by atoms with Crippen LogP contribution >= 0.6 is 15.9 Å². The SMILES string of the molecule is O=C(/C=C/c1ccc(Br)cc1)NCc1ccc(N2CCCCCC2)nc1. The molecule has 136 valence electrons. The maximum absolute atomic E-state index is 12.0. The van der Waals surface area contributed by atoms with E-state index in [-0.39, 0.29) is 5.91 Å². The van der Waals surface area contributed by atoms with Gasteiger partial charge in [0, 0.05) is 36.4 Å². The van der Waals surface area contributed by atoms with Gasteiger partial charge in [-0.3, -0.25) is 4.79 Å². The van der Waals surface area contributed by atoms with Gasteiger partial charge in [0.05, 0.1) is 0 Å². The van der Waals surface area contributed by atoms with Crippen LogP contribution in [0.25, 0.3) is 6.08 Å². The Bertz CT molecular complexity index is 733. The first-order chi connectivity index (χ1) is 12.7. The molecule has 1 aliphatic heterocycles. The van der Waals surface area contributed by atoms with Crippen LogP contribution in [0.15, 0.2) is 53.1 Å². The number of amides is 1. The molecule has 3 rings (SSSR count). The van der Waals surface area contributed by atoms with E-state index in [0.29, 0.717) is 6.54 Å². The average molecular weight is 414 g/mol. The highest BCUT2D eigenvalue weighted by molar-refractivity contribution is 9.10. The van der Waals surface area contributed by atoms with Gasteiger partial charge in [0.1, 0.15) is 5.82 Å².